The van der Waals surface area contributed by atoms with E-state index in [2.05, 4.69) is 0 Å². The van der Waals surface area contributed by atoms with Crippen LogP contribution in [0.25, 0.3) is 0 Å². The van der Waals surface area contributed by atoms with Crippen LogP contribution in [-0.4, -0.2) is 48.6 Å². The summed E-state index contributed by atoms with van der Waals surface area (Å²) < 4.78 is 23.4. The van der Waals surface area contributed by atoms with Crippen molar-refractivity contribution in [2.45, 2.75) is 30.7 Å². The smallest absolute Gasteiger partial charge is 0.323 e. The van der Waals surface area contributed by atoms with Crippen molar-refractivity contribution in [1.82, 2.24) is 4.90 Å². The number of nitrogens with zero attached hydrogens (tertiary/aromatic N) is 1. The maximum absolute atomic E-state index is 12.3. The van der Waals surface area contributed by atoms with Gasteiger partial charge in [-0.3, -0.25) is 9.59 Å². The molecule has 1 aliphatic carbocycles. The second kappa shape index (κ2) is 5.85. The molecule has 0 atom stereocenters. The van der Waals surface area contributed by atoms with Crippen molar-refractivity contribution in [3.8, 4) is 0 Å². The lowest BCUT2D eigenvalue weighted by Gasteiger charge is -2.20. The molecule has 0 heterocycles. The van der Waals surface area contributed by atoms with E-state index in [0.717, 1.165) is 12.8 Å². The van der Waals surface area contributed by atoms with Crippen molar-refractivity contribution in [3.63, 3.8) is 0 Å². The highest BCUT2D eigenvalue weighted by molar-refractivity contribution is 7.91. The Balaban J connectivity index is 2.21. The quantitative estimate of drug-likeness (QED) is 0.851. The number of hydrogen-bond donors (Lipinski definition) is 1. The molecule has 0 radical (unpaired) electrons. The van der Waals surface area contributed by atoms with E-state index in [1.165, 1.54) is 29.2 Å². The predicted octanol–water partition coefficient (Wildman–Crippen LogP) is 1.17. The minimum Gasteiger partial charge on any atom is -0.480 e. The third-order valence-corrected chi connectivity index (χ3v) is 5.15. The molecule has 7 heteroatoms. The highest BCUT2D eigenvalue weighted by Crippen LogP contribution is 2.28. The van der Waals surface area contributed by atoms with E-state index < -0.39 is 15.8 Å². The van der Waals surface area contributed by atoms with Gasteiger partial charge in [-0.1, -0.05) is 6.92 Å². The van der Waals surface area contributed by atoms with E-state index in [1.807, 2.05) is 0 Å². The molecule has 1 amide bonds. The zero-order chi connectivity index (χ0) is 15.6. The maximum Gasteiger partial charge on any atom is 0.323 e. The van der Waals surface area contributed by atoms with Gasteiger partial charge in [0.25, 0.3) is 5.91 Å². The molecule has 1 fully saturated rings. The van der Waals surface area contributed by atoms with E-state index in [9.17, 15) is 18.0 Å². The maximum atomic E-state index is 12.3. The molecule has 1 N–H and O–H groups in total. The molecule has 21 heavy (non-hydrogen) atoms. The Hall–Kier alpha value is -1.89. The molecular weight excluding hydrogens is 294 g/mol. The number of carbonyl (C=O) groups is 2. The van der Waals surface area contributed by atoms with E-state index in [1.54, 1.807) is 6.92 Å². The number of hydrogen-bond acceptors (Lipinski definition) is 4. The summed E-state index contributed by atoms with van der Waals surface area (Å²) in [6.07, 6.45) is 1.61. The lowest BCUT2D eigenvalue weighted by atomic mass is 10.2. The van der Waals surface area contributed by atoms with Gasteiger partial charge in [0.1, 0.15) is 6.54 Å². The fourth-order valence-corrected chi connectivity index (χ4v) is 2.92. The molecular formula is C14H17NO5S. The zero-order valence-electron chi connectivity index (χ0n) is 11.7. The summed E-state index contributed by atoms with van der Waals surface area (Å²) in [5.41, 5.74) is 0.304. The topological polar surface area (TPSA) is 91.8 Å². The van der Waals surface area contributed by atoms with Crippen molar-refractivity contribution in [2.24, 2.45) is 0 Å². The summed E-state index contributed by atoms with van der Waals surface area (Å²) in [5, 5.41) is 8.87. The number of carbonyl (C=O) groups excluding carboxylic acids is 1. The monoisotopic (exact) mass is 311 g/mol. The number of aliphatic carboxylic acids is 1. The number of carboxylic acid groups (broad SMARTS) is 1. The summed E-state index contributed by atoms with van der Waals surface area (Å²) in [6.45, 7) is 1.22. The number of rotatable bonds is 6. The van der Waals surface area contributed by atoms with Crippen LogP contribution in [0.15, 0.2) is 29.2 Å². The number of amides is 1. The first kappa shape index (κ1) is 15.5. The van der Waals surface area contributed by atoms with Gasteiger partial charge < -0.3 is 10.0 Å². The van der Waals surface area contributed by atoms with Crippen molar-refractivity contribution in [3.05, 3.63) is 29.8 Å². The van der Waals surface area contributed by atoms with E-state index in [-0.39, 0.29) is 29.1 Å². The van der Waals surface area contributed by atoms with Gasteiger partial charge >= 0.3 is 5.97 Å². The first-order valence-corrected chi connectivity index (χ1v) is 8.36. The van der Waals surface area contributed by atoms with Gasteiger partial charge in [-0.2, -0.15) is 0 Å². The Labute approximate surface area is 123 Å². The van der Waals surface area contributed by atoms with Crippen LogP contribution in [0.3, 0.4) is 0 Å². The van der Waals surface area contributed by atoms with Crippen molar-refractivity contribution in [1.29, 1.82) is 0 Å². The van der Waals surface area contributed by atoms with Crippen LogP contribution in [0, 0.1) is 0 Å². The Morgan fingerprint density at radius 3 is 2.24 bits per heavy atom. The second-order valence-corrected chi connectivity index (χ2v) is 7.26. The molecule has 1 aromatic carbocycles. The largest absolute Gasteiger partial charge is 0.480 e. The van der Waals surface area contributed by atoms with E-state index in [0.29, 0.717) is 5.56 Å². The van der Waals surface area contributed by atoms with Crippen LogP contribution >= 0.6 is 0 Å². The van der Waals surface area contributed by atoms with Gasteiger partial charge in [0.05, 0.1) is 10.6 Å². The molecule has 0 saturated heterocycles. The predicted molar refractivity (Wildman–Crippen MR) is 75.9 cm³/mol. The summed E-state index contributed by atoms with van der Waals surface area (Å²) in [7, 11) is -3.30. The third kappa shape index (κ3) is 3.60. The summed E-state index contributed by atoms with van der Waals surface area (Å²) in [5.74, 6) is -1.44. The Morgan fingerprint density at radius 1 is 1.24 bits per heavy atom. The fourth-order valence-electron chi connectivity index (χ4n) is 2.04. The summed E-state index contributed by atoms with van der Waals surface area (Å²) in [4.78, 5) is 24.6. The van der Waals surface area contributed by atoms with Crippen molar-refractivity contribution >= 4 is 21.7 Å². The first-order chi connectivity index (χ1) is 9.85. The van der Waals surface area contributed by atoms with Gasteiger partial charge in [0.2, 0.25) is 0 Å². The summed E-state index contributed by atoms with van der Waals surface area (Å²) >= 11 is 0. The molecule has 6 nitrogen and oxygen atoms in total. The number of carboxylic acids is 1. The van der Waals surface area contributed by atoms with Crippen LogP contribution in [0.2, 0.25) is 0 Å². The molecule has 1 saturated carbocycles. The minimum atomic E-state index is -3.30. The Kier molecular flexibility index (Phi) is 4.32. The van der Waals surface area contributed by atoms with Gasteiger partial charge in [0.15, 0.2) is 9.84 Å². The minimum absolute atomic E-state index is 0.00644. The van der Waals surface area contributed by atoms with Gasteiger partial charge in [0, 0.05) is 11.6 Å². The Morgan fingerprint density at radius 2 is 1.81 bits per heavy atom. The van der Waals surface area contributed by atoms with Gasteiger partial charge in [-0.15, -0.1) is 0 Å². The van der Waals surface area contributed by atoms with Crippen molar-refractivity contribution in [2.75, 3.05) is 12.3 Å². The molecule has 0 spiro atoms. The van der Waals surface area contributed by atoms with Crippen LogP contribution in [0.4, 0.5) is 0 Å². The van der Waals surface area contributed by atoms with Gasteiger partial charge in [-0.25, -0.2) is 8.42 Å². The average molecular weight is 311 g/mol. The molecule has 0 aromatic heterocycles. The highest BCUT2D eigenvalue weighted by atomic mass is 32.2. The first-order valence-electron chi connectivity index (χ1n) is 6.70. The van der Waals surface area contributed by atoms with Gasteiger partial charge in [-0.05, 0) is 37.1 Å². The van der Waals surface area contributed by atoms with E-state index >= 15 is 0 Å². The second-order valence-electron chi connectivity index (χ2n) is 4.99. The normalized spacial score (nSPS) is 14.7. The zero-order valence-corrected chi connectivity index (χ0v) is 12.5. The molecule has 0 aliphatic heterocycles. The van der Waals surface area contributed by atoms with Crippen LogP contribution in [-0.2, 0) is 14.6 Å². The molecule has 1 aliphatic rings. The average Bonchev–Trinajstić information content (AvgIpc) is 3.28. The molecule has 2 rings (SSSR count). The standard InChI is InChI=1S/C14H17NO5S/c1-2-21(19,20)12-7-3-10(4-8-12)14(18)15(9-13(16)17)11-5-6-11/h3-4,7-8,11H,2,5-6,9H2,1H3,(H,16,17). The van der Waals surface area contributed by atoms with E-state index in [4.69, 9.17) is 5.11 Å². The molecule has 114 valence electrons. The molecule has 1 aromatic rings. The SMILES string of the molecule is CCS(=O)(=O)c1ccc(C(=O)N(CC(=O)O)C2CC2)cc1. The lowest BCUT2D eigenvalue weighted by molar-refractivity contribution is -0.137. The summed E-state index contributed by atoms with van der Waals surface area (Å²) in [6, 6.07) is 5.62. The highest BCUT2D eigenvalue weighted by Gasteiger charge is 2.34. The number of sulfone groups is 1. The third-order valence-electron chi connectivity index (χ3n) is 3.39. The molecule has 0 unspecified atom stereocenters. The fraction of sp³-hybridized carbons (Fsp3) is 0.429. The van der Waals surface area contributed by atoms with Crippen molar-refractivity contribution < 1.29 is 23.1 Å². The number of benzene rings is 1. The Bertz CT molecular complexity index is 646. The molecule has 0 bridgehead atoms. The van der Waals surface area contributed by atoms with Crippen LogP contribution < -0.4 is 0 Å². The van der Waals surface area contributed by atoms with Crippen LogP contribution in [0.1, 0.15) is 30.1 Å². The lowest BCUT2D eigenvalue weighted by Crippen LogP contribution is -2.37. The van der Waals surface area contributed by atoms with Crippen LogP contribution in [0.5, 0.6) is 0 Å².